The van der Waals surface area contributed by atoms with E-state index >= 15 is 0 Å². The second kappa shape index (κ2) is 15.7. The van der Waals surface area contributed by atoms with Crippen molar-refractivity contribution in [2.45, 2.75) is 12.5 Å². The molecule has 0 N–H and O–H groups in total. The average Bonchev–Trinajstić information content (AvgIpc) is 3.34. The van der Waals surface area contributed by atoms with Gasteiger partial charge in [-0.3, -0.25) is 0 Å². The minimum atomic E-state index is 0.200. The number of nitrogens with zero attached hydrogens (tertiary/aromatic N) is 2. The Kier molecular flexibility index (Phi) is 9.33. The van der Waals surface area contributed by atoms with Crippen LogP contribution in [0.3, 0.4) is 0 Å². The zero-order valence-corrected chi connectivity index (χ0v) is 33.6. The summed E-state index contributed by atoms with van der Waals surface area (Å²) in [5.41, 5.74) is 14.9. The van der Waals surface area contributed by atoms with Crippen LogP contribution in [0.2, 0.25) is 0 Å². The number of rotatable bonds is 9. The van der Waals surface area contributed by atoms with Gasteiger partial charge in [0.1, 0.15) is 11.5 Å². The Hall–Kier alpha value is -7.88. The van der Waals surface area contributed by atoms with Gasteiger partial charge in [0.05, 0.1) is 11.7 Å². The van der Waals surface area contributed by atoms with Crippen molar-refractivity contribution in [2.75, 3.05) is 9.80 Å². The van der Waals surface area contributed by atoms with Gasteiger partial charge in [-0.15, -0.1) is 0 Å². The van der Waals surface area contributed by atoms with Gasteiger partial charge in [0.2, 0.25) is 0 Å². The third-order valence-electron chi connectivity index (χ3n) is 12.0. The van der Waals surface area contributed by atoms with Crippen LogP contribution in [0.25, 0.3) is 55.3 Å². The predicted octanol–water partition coefficient (Wildman–Crippen LogP) is 16.1. The second-order valence-corrected chi connectivity index (χ2v) is 15.7. The maximum Gasteiger partial charge on any atom is 0.136 e. The highest BCUT2D eigenvalue weighted by molar-refractivity contribution is 6.11. The predicted molar refractivity (Wildman–Crippen MR) is 256 cm³/mol. The number of ether oxygens (including phenoxy) is 1. The van der Waals surface area contributed by atoms with E-state index in [0.717, 1.165) is 62.7 Å². The molecule has 1 aliphatic carbocycles. The quantitative estimate of drug-likeness (QED) is 0.145. The molecular weight excluding hydrogens is 741 g/mol. The van der Waals surface area contributed by atoms with Crippen LogP contribution in [0, 0.1) is 0 Å². The number of allylic oxidation sites excluding steroid dienone is 2. The van der Waals surface area contributed by atoms with E-state index in [4.69, 9.17) is 4.74 Å². The van der Waals surface area contributed by atoms with Crippen LogP contribution in [0.5, 0.6) is 11.5 Å². The SMILES string of the molecule is C1=CC[C@H](N(c2ccccc2)c2ccc3c(c2)-c2cccc4c(N(c5ccc(-c6ccccc6)cc5)c5ccc(-c6ccc(-c7ccccc7)cc6)cc5)ccc(c24)O3)C=C1. The third kappa shape index (κ3) is 6.86. The van der Waals surface area contributed by atoms with Crippen molar-refractivity contribution in [3.8, 4) is 56.0 Å². The van der Waals surface area contributed by atoms with Gasteiger partial charge in [-0.1, -0.05) is 170 Å². The minimum absolute atomic E-state index is 0.200. The van der Waals surface area contributed by atoms with E-state index < -0.39 is 0 Å². The van der Waals surface area contributed by atoms with E-state index in [2.05, 4.69) is 246 Å². The largest absolute Gasteiger partial charge is 0.456 e. The zero-order chi connectivity index (χ0) is 40.5. The Morgan fingerprint density at radius 2 is 0.918 bits per heavy atom. The van der Waals surface area contributed by atoms with E-state index in [1.54, 1.807) is 0 Å². The molecule has 0 radical (unpaired) electrons. The van der Waals surface area contributed by atoms with E-state index in [1.165, 1.54) is 38.9 Å². The molecule has 2 aliphatic rings. The summed E-state index contributed by atoms with van der Waals surface area (Å²) in [6.45, 7) is 0. The van der Waals surface area contributed by atoms with Gasteiger partial charge in [-0.2, -0.15) is 0 Å². The highest BCUT2D eigenvalue weighted by Gasteiger charge is 2.27. The van der Waals surface area contributed by atoms with E-state index in [-0.39, 0.29) is 6.04 Å². The van der Waals surface area contributed by atoms with Crippen molar-refractivity contribution < 1.29 is 4.74 Å². The van der Waals surface area contributed by atoms with Crippen molar-refractivity contribution in [1.29, 1.82) is 0 Å². The maximum atomic E-state index is 6.79. The van der Waals surface area contributed by atoms with Crippen LogP contribution in [0.4, 0.5) is 28.4 Å². The van der Waals surface area contributed by atoms with Crippen LogP contribution in [-0.4, -0.2) is 6.04 Å². The Bertz CT molecular complexity index is 3050. The lowest BCUT2D eigenvalue weighted by atomic mass is 9.92. The molecule has 0 fully saturated rings. The highest BCUT2D eigenvalue weighted by Crippen LogP contribution is 2.52. The third-order valence-corrected chi connectivity index (χ3v) is 12.0. The van der Waals surface area contributed by atoms with Crippen molar-refractivity contribution in [3.05, 3.63) is 237 Å². The lowest BCUT2D eigenvalue weighted by molar-refractivity contribution is 0.487. The molecule has 0 unspecified atom stereocenters. The summed E-state index contributed by atoms with van der Waals surface area (Å²) in [7, 11) is 0. The van der Waals surface area contributed by atoms with Crippen LogP contribution in [0.1, 0.15) is 6.42 Å². The lowest BCUT2D eigenvalue weighted by Crippen LogP contribution is -2.29. The first-order chi connectivity index (χ1) is 30.2. The van der Waals surface area contributed by atoms with Crippen LogP contribution in [-0.2, 0) is 0 Å². The fourth-order valence-corrected chi connectivity index (χ4v) is 8.98. The molecule has 9 aromatic carbocycles. The Balaban J connectivity index is 1.01. The number of benzene rings is 9. The summed E-state index contributed by atoms with van der Waals surface area (Å²) in [5, 5.41) is 2.23. The second-order valence-electron chi connectivity index (χ2n) is 15.7. The van der Waals surface area contributed by atoms with E-state index in [0.29, 0.717) is 0 Å². The summed E-state index contributed by atoms with van der Waals surface area (Å²) in [5.74, 6) is 1.73. The van der Waals surface area contributed by atoms with Gasteiger partial charge >= 0.3 is 0 Å². The van der Waals surface area contributed by atoms with Gasteiger partial charge in [0.15, 0.2) is 0 Å². The first-order valence-electron chi connectivity index (χ1n) is 21.0. The molecule has 11 rings (SSSR count). The molecule has 0 amide bonds. The van der Waals surface area contributed by atoms with Crippen molar-refractivity contribution in [2.24, 2.45) is 0 Å². The van der Waals surface area contributed by atoms with Crippen LogP contribution >= 0.6 is 0 Å². The number of hydrogen-bond donors (Lipinski definition) is 0. The summed E-state index contributed by atoms with van der Waals surface area (Å²) in [6.07, 6.45) is 9.76. The molecule has 3 nitrogen and oxygen atoms in total. The molecule has 61 heavy (non-hydrogen) atoms. The van der Waals surface area contributed by atoms with Crippen molar-refractivity contribution >= 4 is 39.2 Å². The molecule has 1 heterocycles. The Labute approximate surface area is 357 Å². The van der Waals surface area contributed by atoms with Gasteiger partial charge < -0.3 is 14.5 Å². The van der Waals surface area contributed by atoms with Crippen LogP contribution in [0.15, 0.2) is 237 Å². The van der Waals surface area contributed by atoms with Crippen molar-refractivity contribution in [3.63, 3.8) is 0 Å². The van der Waals surface area contributed by atoms with Gasteiger partial charge in [-0.05, 0) is 112 Å². The number of anilines is 5. The summed E-state index contributed by atoms with van der Waals surface area (Å²) >= 11 is 0. The summed E-state index contributed by atoms with van der Waals surface area (Å²) in [6, 6.07) is 76.4. The maximum absolute atomic E-state index is 6.79. The summed E-state index contributed by atoms with van der Waals surface area (Å²) < 4.78 is 6.79. The molecule has 1 aliphatic heterocycles. The molecule has 0 saturated heterocycles. The van der Waals surface area contributed by atoms with E-state index in [9.17, 15) is 0 Å². The molecule has 1 atom stereocenters. The monoisotopic (exact) mass is 782 g/mol. The van der Waals surface area contributed by atoms with Crippen LogP contribution < -0.4 is 14.5 Å². The molecular formula is C58H42N2O. The topological polar surface area (TPSA) is 15.7 Å². The molecule has 3 heteroatoms. The zero-order valence-electron chi connectivity index (χ0n) is 33.6. The fraction of sp³-hybridized carbons (Fsp3) is 0.0345. The molecule has 0 saturated carbocycles. The molecule has 0 bridgehead atoms. The average molecular weight is 783 g/mol. The van der Waals surface area contributed by atoms with Crippen molar-refractivity contribution in [1.82, 2.24) is 0 Å². The smallest absolute Gasteiger partial charge is 0.136 e. The number of para-hydroxylation sites is 1. The molecule has 9 aromatic rings. The fourth-order valence-electron chi connectivity index (χ4n) is 8.98. The Morgan fingerprint density at radius 3 is 1.49 bits per heavy atom. The first kappa shape index (κ1) is 36.2. The van der Waals surface area contributed by atoms with Gasteiger partial charge in [0, 0.05) is 39.1 Å². The Morgan fingerprint density at radius 1 is 0.393 bits per heavy atom. The van der Waals surface area contributed by atoms with E-state index in [1.807, 2.05) is 0 Å². The molecule has 290 valence electrons. The summed E-state index contributed by atoms with van der Waals surface area (Å²) in [4.78, 5) is 4.82. The molecule has 0 aromatic heterocycles. The number of hydrogen-bond acceptors (Lipinski definition) is 3. The minimum Gasteiger partial charge on any atom is -0.456 e. The first-order valence-corrected chi connectivity index (χ1v) is 21.0. The van der Waals surface area contributed by atoms with Gasteiger partial charge in [0.25, 0.3) is 0 Å². The molecule has 0 spiro atoms. The normalized spacial score (nSPS) is 13.7. The number of fused-ring (bicyclic) bond motifs is 2. The highest BCUT2D eigenvalue weighted by atomic mass is 16.5. The van der Waals surface area contributed by atoms with Gasteiger partial charge in [-0.25, -0.2) is 0 Å². The standard InChI is InChI=1S/C58H42N2O/c1-5-14-41(15-6-1)43-24-26-44(27-25-43)46-30-34-50(35-31-46)60(49-32-28-45(29-33-49)42-16-7-2-8-17-42)55-37-39-57-58-52(22-13-23-53(55)58)54-40-51(36-38-56(54)61-57)59(47-18-9-3-10-19-47)48-20-11-4-12-21-48/h1-20,22-40,48H,21H2/t48-/m1/s1. The lowest BCUT2D eigenvalue weighted by Gasteiger charge is -2.34.